The second-order valence-corrected chi connectivity index (χ2v) is 5.25. The number of aliphatic carboxylic acids is 1. The Morgan fingerprint density at radius 1 is 1.15 bits per heavy atom. The van der Waals surface area contributed by atoms with E-state index in [0.717, 1.165) is 27.7 Å². The van der Waals surface area contributed by atoms with Crippen molar-refractivity contribution in [3.63, 3.8) is 0 Å². The molecule has 0 aliphatic heterocycles. The van der Waals surface area contributed by atoms with Gasteiger partial charge in [-0.15, -0.1) is 0 Å². The number of nitrogens with zero attached hydrogens (tertiary/aromatic N) is 1. The van der Waals surface area contributed by atoms with E-state index in [2.05, 4.69) is 0 Å². The van der Waals surface area contributed by atoms with Crippen LogP contribution in [0.3, 0.4) is 0 Å². The lowest BCUT2D eigenvalue weighted by molar-refractivity contribution is -0.137. The van der Waals surface area contributed by atoms with Gasteiger partial charge in [0.25, 0.3) is 0 Å². The molecule has 0 spiro atoms. The molecule has 3 aromatic rings. The number of benzene rings is 2. The van der Waals surface area contributed by atoms with E-state index in [4.69, 9.17) is 5.11 Å². The minimum absolute atomic E-state index is 0.254. The van der Waals surface area contributed by atoms with Crippen LogP contribution in [0, 0.1) is 0 Å². The van der Waals surface area contributed by atoms with Crippen LogP contribution in [-0.2, 0) is 11.3 Å². The van der Waals surface area contributed by atoms with Gasteiger partial charge in [0.1, 0.15) is 6.54 Å². The average molecular weight is 285 g/mol. The lowest BCUT2D eigenvalue weighted by Crippen LogP contribution is -2.19. The van der Waals surface area contributed by atoms with Crippen LogP contribution in [0.15, 0.2) is 52.6 Å². The molecule has 0 atom stereocenters. The van der Waals surface area contributed by atoms with Crippen molar-refractivity contribution in [2.75, 3.05) is 0 Å². The van der Waals surface area contributed by atoms with Crippen LogP contribution < -0.4 is 4.87 Å². The monoisotopic (exact) mass is 285 g/mol. The van der Waals surface area contributed by atoms with Crippen molar-refractivity contribution in [2.24, 2.45) is 0 Å². The first-order valence-corrected chi connectivity index (χ1v) is 6.92. The summed E-state index contributed by atoms with van der Waals surface area (Å²) in [6.07, 6.45) is 0. The van der Waals surface area contributed by atoms with Crippen molar-refractivity contribution in [1.82, 2.24) is 4.57 Å². The summed E-state index contributed by atoms with van der Waals surface area (Å²) in [5.74, 6) is -1.02. The van der Waals surface area contributed by atoms with Gasteiger partial charge in [-0.2, -0.15) is 0 Å². The largest absolute Gasteiger partial charge is 0.480 e. The molecule has 1 aromatic heterocycles. The van der Waals surface area contributed by atoms with Crippen molar-refractivity contribution in [2.45, 2.75) is 6.54 Å². The van der Waals surface area contributed by atoms with Gasteiger partial charge >= 0.3 is 10.8 Å². The summed E-state index contributed by atoms with van der Waals surface area (Å²) in [7, 11) is 0. The number of thiazole rings is 1. The van der Waals surface area contributed by atoms with Gasteiger partial charge in [-0.25, -0.2) is 0 Å². The van der Waals surface area contributed by atoms with Gasteiger partial charge < -0.3 is 5.11 Å². The van der Waals surface area contributed by atoms with Gasteiger partial charge in [0.05, 0.1) is 5.69 Å². The molecule has 0 radical (unpaired) electrons. The second kappa shape index (κ2) is 4.94. The van der Waals surface area contributed by atoms with Crippen LogP contribution in [0.25, 0.3) is 22.0 Å². The zero-order valence-corrected chi connectivity index (χ0v) is 11.3. The van der Waals surface area contributed by atoms with Gasteiger partial charge in [0.15, 0.2) is 0 Å². The molecule has 0 aliphatic rings. The van der Waals surface area contributed by atoms with Crippen molar-refractivity contribution >= 4 is 28.1 Å². The van der Waals surface area contributed by atoms with Crippen molar-refractivity contribution in [3.05, 3.63) is 57.5 Å². The molecule has 0 fully saturated rings. The second-order valence-electron chi connectivity index (χ2n) is 4.43. The summed E-state index contributed by atoms with van der Waals surface area (Å²) in [6.45, 7) is -0.315. The number of carboxylic acid groups (broad SMARTS) is 1. The minimum Gasteiger partial charge on any atom is -0.480 e. The van der Waals surface area contributed by atoms with Crippen LogP contribution in [0.1, 0.15) is 0 Å². The van der Waals surface area contributed by atoms with Gasteiger partial charge in [-0.1, -0.05) is 47.7 Å². The fraction of sp³-hybridized carbons (Fsp3) is 0.0667. The molecule has 4 nitrogen and oxygen atoms in total. The summed E-state index contributed by atoms with van der Waals surface area (Å²) in [4.78, 5) is 22.3. The summed E-state index contributed by atoms with van der Waals surface area (Å²) in [6, 6.07) is 13.8. The Morgan fingerprint density at radius 3 is 2.65 bits per heavy atom. The number of carbonyl (C=O) groups is 1. The molecule has 1 heterocycles. The Balaban J connectivity index is 2.15. The molecule has 2 aromatic carbocycles. The minimum atomic E-state index is -1.02. The highest BCUT2D eigenvalue weighted by molar-refractivity contribution is 7.07. The summed E-state index contributed by atoms with van der Waals surface area (Å²) in [5.41, 5.74) is 1.50. The number of aromatic nitrogens is 1. The Kier molecular flexibility index (Phi) is 3.12. The first-order valence-electron chi connectivity index (χ1n) is 6.04. The molecule has 0 aliphatic carbocycles. The summed E-state index contributed by atoms with van der Waals surface area (Å²) in [5, 5.41) is 12.8. The standard InChI is InChI=1S/C15H11NO3S/c17-14(18)8-16-13(9-20-15(16)19)12-6-5-10-3-1-2-4-11(10)7-12/h1-7,9H,8H2,(H,17,18). The Bertz CT molecular complexity index is 847. The Morgan fingerprint density at radius 2 is 1.90 bits per heavy atom. The SMILES string of the molecule is O=C(O)Cn1c(-c2ccc3ccccc3c2)csc1=O. The van der Waals surface area contributed by atoms with Gasteiger partial charge in [0.2, 0.25) is 0 Å². The molecule has 0 unspecified atom stereocenters. The highest BCUT2D eigenvalue weighted by atomic mass is 32.1. The van der Waals surface area contributed by atoms with E-state index < -0.39 is 5.97 Å². The molecular weight excluding hydrogens is 274 g/mol. The van der Waals surface area contributed by atoms with Gasteiger partial charge in [-0.3, -0.25) is 14.2 Å². The third-order valence-electron chi connectivity index (χ3n) is 3.12. The first kappa shape index (κ1) is 12.6. The number of fused-ring (bicyclic) bond motifs is 1. The van der Waals surface area contributed by atoms with Crippen LogP contribution >= 0.6 is 11.3 Å². The van der Waals surface area contributed by atoms with Crippen LogP contribution in [-0.4, -0.2) is 15.6 Å². The first-order chi connectivity index (χ1) is 9.65. The lowest BCUT2D eigenvalue weighted by atomic mass is 10.1. The number of rotatable bonds is 3. The van der Waals surface area contributed by atoms with E-state index >= 15 is 0 Å². The van der Waals surface area contributed by atoms with Crippen LogP contribution in [0.2, 0.25) is 0 Å². The third-order valence-corrected chi connectivity index (χ3v) is 3.88. The molecular formula is C15H11NO3S. The van der Waals surface area contributed by atoms with Gasteiger partial charge in [-0.05, 0) is 22.4 Å². The molecule has 5 heteroatoms. The maximum atomic E-state index is 11.7. The molecule has 0 saturated heterocycles. The molecule has 100 valence electrons. The zero-order valence-electron chi connectivity index (χ0n) is 10.4. The molecule has 1 N–H and O–H groups in total. The normalized spacial score (nSPS) is 10.8. The predicted molar refractivity (Wildman–Crippen MR) is 79.2 cm³/mol. The van der Waals surface area contributed by atoms with Crippen molar-refractivity contribution in [1.29, 1.82) is 0 Å². The van der Waals surface area contributed by atoms with E-state index in [9.17, 15) is 9.59 Å². The Hall–Kier alpha value is -2.40. The topological polar surface area (TPSA) is 59.3 Å². The van der Waals surface area contributed by atoms with E-state index in [1.807, 2.05) is 42.5 Å². The Labute approximate surface area is 118 Å². The predicted octanol–water partition coefficient (Wildman–Crippen LogP) is 2.81. The number of hydrogen-bond acceptors (Lipinski definition) is 3. The van der Waals surface area contributed by atoms with Crippen LogP contribution in [0.5, 0.6) is 0 Å². The number of carboxylic acids is 1. The van der Waals surface area contributed by atoms with Crippen molar-refractivity contribution < 1.29 is 9.90 Å². The van der Waals surface area contributed by atoms with E-state index in [1.54, 1.807) is 5.38 Å². The third kappa shape index (κ3) is 2.23. The molecule has 0 amide bonds. The van der Waals surface area contributed by atoms with Gasteiger partial charge in [0, 0.05) is 5.38 Å². The molecule has 0 bridgehead atoms. The lowest BCUT2D eigenvalue weighted by Gasteiger charge is -2.06. The number of hydrogen-bond donors (Lipinski definition) is 1. The van der Waals surface area contributed by atoms with E-state index in [0.29, 0.717) is 5.69 Å². The molecule has 20 heavy (non-hydrogen) atoms. The quantitative estimate of drug-likeness (QED) is 0.805. The highest BCUT2D eigenvalue weighted by Crippen LogP contribution is 2.24. The van der Waals surface area contributed by atoms with Crippen molar-refractivity contribution in [3.8, 4) is 11.3 Å². The fourth-order valence-corrected chi connectivity index (χ4v) is 2.96. The van der Waals surface area contributed by atoms with E-state index in [1.165, 1.54) is 4.57 Å². The maximum Gasteiger partial charge on any atom is 0.323 e. The average Bonchev–Trinajstić information content (AvgIpc) is 2.79. The molecule has 3 rings (SSSR count). The summed E-state index contributed by atoms with van der Waals surface area (Å²) < 4.78 is 1.29. The zero-order chi connectivity index (χ0) is 14.1. The highest BCUT2D eigenvalue weighted by Gasteiger charge is 2.12. The maximum absolute atomic E-state index is 11.7. The molecule has 0 saturated carbocycles. The summed E-state index contributed by atoms with van der Waals surface area (Å²) >= 11 is 1.02. The van der Waals surface area contributed by atoms with Crippen LogP contribution in [0.4, 0.5) is 0 Å². The fourth-order valence-electron chi connectivity index (χ4n) is 2.19. The smallest absolute Gasteiger partial charge is 0.323 e. The van der Waals surface area contributed by atoms with E-state index in [-0.39, 0.29) is 11.4 Å².